The zero-order valence-corrected chi connectivity index (χ0v) is 6.72. The number of rotatable bonds is 2. The Labute approximate surface area is 69.7 Å². The fourth-order valence-corrected chi connectivity index (χ4v) is 0.992. The van der Waals surface area contributed by atoms with Crippen molar-refractivity contribution in [2.45, 2.75) is 19.4 Å². The van der Waals surface area contributed by atoms with Crippen LogP contribution in [0.2, 0.25) is 0 Å². The van der Waals surface area contributed by atoms with Gasteiger partial charge in [-0.3, -0.25) is 0 Å². The molecule has 0 fully saturated rings. The molecule has 0 spiro atoms. The third kappa shape index (κ3) is 1.80. The van der Waals surface area contributed by atoms with Gasteiger partial charge in [0.1, 0.15) is 11.6 Å². The molecular formula is C9H10F2O. The van der Waals surface area contributed by atoms with E-state index in [4.69, 9.17) is 0 Å². The number of halogens is 2. The summed E-state index contributed by atoms with van der Waals surface area (Å²) in [5.41, 5.74) is 0.152. The van der Waals surface area contributed by atoms with Gasteiger partial charge in [0.15, 0.2) is 0 Å². The van der Waals surface area contributed by atoms with Crippen molar-refractivity contribution in [3.63, 3.8) is 0 Å². The van der Waals surface area contributed by atoms with Crippen LogP contribution in [0.15, 0.2) is 18.2 Å². The Hall–Kier alpha value is -0.960. The molecule has 0 saturated carbocycles. The quantitative estimate of drug-likeness (QED) is 0.726. The average molecular weight is 172 g/mol. The van der Waals surface area contributed by atoms with Crippen LogP contribution in [-0.2, 0) is 0 Å². The summed E-state index contributed by atoms with van der Waals surface area (Å²) in [5.74, 6) is -1.32. The van der Waals surface area contributed by atoms with Crippen LogP contribution in [-0.4, -0.2) is 5.11 Å². The van der Waals surface area contributed by atoms with Gasteiger partial charge in [0.05, 0.1) is 6.10 Å². The number of benzene rings is 1. The molecule has 0 aliphatic heterocycles. The predicted octanol–water partition coefficient (Wildman–Crippen LogP) is 2.41. The lowest BCUT2D eigenvalue weighted by molar-refractivity contribution is 0.169. The maximum atomic E-state index is 12.9. The van der Waals surface area contributed by atoms with Gasteiger partial charge in [-0.15, -0.1) is 0 Å². The van der Waals surface area contributed by atoms with E-state index in [1.165, 1.54) is 6.07 Å². The number of aliphatic hydroxyl groups excluding tert-OH is 1. The molecule has 3 heteroatoms. The van der Waals surface area contributed by atoms with E-state index in [1.54, 1.807) is 6.92 Å². The van der Waals surface area contributed by atoms with Crippen molar-refractivity contribution in [3.8, 4) is 0 Å². The Morgan fingerprint density at radius 2 is 2.08 bits per heavy atom. The van der Waals surface area contributed by atoms with Crippen molar-refractivity contribution in [2.75, 3.05) is 0 Å². The SMILES string of the molecule is CCC(O)c1ccc(F)cc1F. The van der Waals surface area contributed by atoms with Crippen LogP contribution in [0, 0.1) is 11.6 Å². The number of hydrogen-bond acceptors (Lipinski definition) is 1. The third-order valence-corrected chi connectivity index (χ3v) is 1.71. The van der Waals surface area contributed by atoms with Crippen LogP contribution < -0.4 is 0 Å². The highest BCUT2D eigenvalue weighted by Crippen LogP contribution is 2.19. The van der Waals surface area contributed by atoms with E-state index < -0.39 is 17.7 Å². The molecule has 0 aliphatic rings. The maximum absolute atomic E-state index is 12.9. The normalized spacial score (nSPS) is 13.0. The second-order valence-electron chi connectivity index (χ2n) is 2.59. The average Bonchev–Trinajstić information content (AvgIpc) is 2.03. The summed E-state index contributed by atoms with van der Waals surface area (Å²) in [4.78, 5) is 0. The molecule has 1 atom stereocenters. The van der Waals surface area contributed by atoms with Crippen LogP contribution in [0.25, 0.3) is 0 Å². The van der Waals surface area contributed by atoms with E-state index in [1.807, 2.05) is 0 Å². The summed E-state index contributed by atoms with van der Waals surface area (Å²) in [7, 11) is 0. The van der Waals surface area contributed by atoms with Crippen LogP contribution in [0.5, 0.6) is 0 Å². The van der Waals surface area contributed by atoms with Gasteiger partial charge in [-0.05, 0) is 12.5 Å². The maximum Gasteiger partial charge on any atom is 0.131 e. The highest BCUT2D eigenvalue weighted by molar-refractivity contribution is 5.20. The highest BCUT2D eigenvalue weighted by Gasteiger charge is 2.10. The lowest BCUT2D eigenvalue weighted by Gasteiger charge is -2.08. The number of hydrogen-bond donors (Lipinski definition) is 1. The van der Waals surface area contributed by atoms with Gasteiger partial charge in [-0.25, -0.2) is 8.78 Å². The van der Waals surface area contributed by atoms with Crippen LogP contribution in [0.4, 0.5) is 8.78 Å². The van der Waals surface area contributed by atoms with Crippen LogP contribution >= 0.6 is 0 Å². The van der Waals surface area contributed by atoms with Crippen LogP contribution in [0.3, 0.4) is 0 Å². The first-order valence-electron chi connectivity index (χ1n) is 3.78. The minimum Gasteiger partial charge on any atom is -0.388 e. The molecule has 66 valence electrons. The largest absolute Gasteiger partial charge is 0.388 e. The Morgan fingerprint density at radius 1 is 1.42 bits per heavy atom. The molecule has 0 aliphatic carbocycles. The minimum atomic E-state index is -0.842. The summed E-state index contributed by atoms with van der Waals surface area (Å²) in [6.45, 7) is 1.73. The summed E-state index contributed by atoms with van der Waals surface area (Å²) in [6.07, 6.45) is -0.423. The number of aliphatic hydroxyl groups is 1. The first-order valence-corrected chi connectivity index (χ1v) is 3.78. The van der Waals surface area contributed by atoms with Gasteiger partial charge in [0.25, 0.3) is 0 Å². The molecule has 1 nitrogen and oxygen atoms in total. The zero-order valence-electron chi connectivity index (χ0n) is 6.72. The predicted molar refractivity (Wildman–Crippen MR) is 41.6 cm³/mol. The van der Waals surface area contributed by atoms with Crippen molar-refractivity contribution in [1.29, 1.82) is 0 Å². The van der Waals surface area contributed by atoms with Gasteiger partial charge in [0, 0.05) is 11.6 Å². The van der Waals surface area contributed by atoms with Gasteiger partial charge in [-0.1, -0.05) is 13.0 Å². The van der Waals surface area contributed by atoms with E-state index in [0.717, 1.165) is 12.1 Å². The molecule has 0 heterocycles. The first kappa shape index (κ1) is 9.13. The molecule has 1 N–H and O–H groups in total. The van der Waals surface area contributed by atoms with Crippen molar-refractivity contribution >= 4 is 0 Å². The van der Waals surface area contributed by atoms with E-state index in [0.29, 0.717) is 6.42 Å². The van der Waals surface area contributed by atoms with Gasteiger partial charge >= 0.3 is 0 Å². The molecule has 1 aromatic rings. The third-order valence-electron chi connectivity index (χ3n) is 1.71. The summed E-state index contributed by atoms with van der Waals surface area (Å²) in [6, 6.07) is 3.17. The fourth-order valence-electron chi connectivity index (χ4n) is 0.992. The highest BCUT2D eigenvalue weighted by atomic mass is 19.1. The van der Waals surface area contributed by atoms with Gasteiger partial charge in [0.2, 0.25) is 0 Å². The summed E-state index contributed by atoms with van der Waals surface area (Å²) < 4.78 is 25.3. The van der Waals surface area contributed by atoms with E-state index in [9.17, 15) is 13.9 Å². The fraction of sp³-hybridized carbons (Fsp3) is 0.333. The molecule has 0 amide bonds. The molecule has 1 rings (SSSR count). The molecule has 12 heavy (non-hydrogen) atoms. The lowest BCUT2D eigenvalue weighted by Crippen LogP contribution is -1.99. The van der Waals surface area contributed by atoms with Gasteiger partial charge in [-0.2, -0.15) is 0 Å². The Kier molecular flexibility index (Phi) is 2.76. The van der Waals surface area contributed by atoms with E-state index in [2.05, 4.69) is 0 Å². The van der Waals surface area contributed by atoms with E-state index in [-0.39, 0.29) is 5.56 Å². The topological polar surface area (TPSA) is 20.2 Å². The van der Waals surface area contributed by atoms with Crippen molar-refractivity contribution in [1.82, 2.24) is 0 Å². The molecule has 0 aromatic heterocycles. The molecule has 1 unspecified atom stereocenters. The summed E-state index contributed by atoms with van der Waals surface area (Å²) in [5, 5.41) is 9.24. The van der Waals surface area contributed by atoms with Crippen LogP contribution in [0.1, 0.15) is 25.0 Å². The molecular weight excluding hydrogens is 162 g/mol. The standard InChI is InChI=1S/C9H10F2O/c1-2-9(12)7-4-3-6(10)5-8(7)11/h3-5,9,12H,2H2,1H3. The molecule has 1 aromatic carbocycles. The minimum absolute atomic E-state index is 0.152. The van der Waals surface area contributed by atoms with E-state index >= 15 is 0 Å². The molecule has 0 bridgehead atoms. The first-order chi connectivity index (χ1) is 5.65. The molecule has 0 radical (unpaired) electrons. The molecule has 0 saturated heterocycles. The second kappa shape index (κ2) is 3.63. The lowest BCUT2D eigenvalue weighted by atomic mass is 10.1. The van der Waals surface area contributed by atoms with Crippen molar-refractivity contribution in [3.05, 3.63) is 35.4 Å². The smallest absolute Gasteiger partial charge is 0.131 e. The second-order valence-corrected chi connectivity index (χ2v) is 2.59. The Morgan fingerprint density at radius 3 is 2.58 bits per heavy atom. The van der Waals surface area contributed by atoms with Crippen molar-refractivity contribution < 1.29 is 13.9 Å². The van der Waals surface area contributed by atoms with Gasteiger partial charge < -0.3 is 5.11 Å². The monoisotopic (exact) mass is 172 g/mol. The Balaban J connectivity index is 3.01. The summed E-state index contributed by atoms with van der Waals surface area (Å²) >= 11 is 0. The zero-order chi connectivity index (χ0) is 9.14. The Bertz CT molecular complexity index is 273. The van der Waals surface area contributed by atoms with Crippen molar-refractivity contribution in [2.24, 2.45) is 0 Å².